The molecule has 1 amide bonds. The van der Waals surface area contributed by atoms with Gasteiger partial charge in [-0.15, -0.1) is 10.2 Å². The molecular formula is C12H21N5O. The van der Waals surface area contributed by atoms with E-state index in [0.717, 1.165) is 25.3 Å². The topological polar surface area (TPSA) is 70.2 Å². The molecule has 18 heavy (non-hydrogen) atoms. The van der Waals surface area contributed by atoms with Gasteiger partial charge < -0.3 is 15.5 Å². The minimum atomic E-state index is -0.186. The Bertz CT molecular complexity index is 365. The van der Waals surface area contributed by atoms with Crippen LogP contribution >= 0.6 is 0 Å². The zero-order valence-corrected chi connectivity index (χ0v) is 11.2. The number of anilines is 1. The molecule has 0 spiro atoms. The Morgan fingerprint density at radius 1 is 1.39 bits per heavy atom. The molecule has 100 valence electrons. The highest BCUT2D eigenvalue weighted by Gasteiger charge is 2.08. The predicted molar refractivity (Wildman–Crippen MR) is 71.9 cm³/mol. The molecule has 0 aliphatic rings. The van der Waals surface area contributed by atoms with Crippen molar-refractivity contribution in [1.29, 1.82) is 0 Å². The molecule has 0 saturated carbocycles. The maximum Gasteiger partial charge on any atom is 0.271 e. The molecule has 6 nitrogen and oxygen atoms in total. The third kappa shape index (κ3) is 4.29. The summed E-state index contributed by atoms with van der Waals surface area (Å²) >= 11 is 0. The molecular weight excluding hydrogens is 230 g/mol. The van der Waals surface area contributed by atoms with E-state index in [9.17, 15) is 4.79 Å². The van der Waals surface area contributed by atoms with Crippen LogP contribution in [0.3, 0.4) is 0 Å². The first kappa shape index (κ1) is 14.4. The molecule has 0 saturated heterocycles. The lowest BCUT2D eigenvalue weighted by Gasteiger charge is -2.17. The Morgan fingerprint density at radius 2 is 2.17 bits per heavy atom. The summed E-state index contributed by atoms with van der Waals surface area (Å²) in [7, 11) is 3.90. The molecule has 2 N–H and O–H groups in total. The monoisotopic (exact) mass is 251 g/mol. The molecule has 1 rings (SSSR count). The first-order chi connectivity index (χ1) is 8.69. The van der Waals surface area contributed by atoms with Crippen molar-refractivity contribution in [3.8, 4) is 0 Å². The van der Waals surface area contributed by atoms with Crippen LogP contribution in [0.4, 0.5) is 5.82 Å². The smallest absolute Gasteiger partial charge is 0.271 e. The highest BCUT2D eigenvalue weighted by Crippen LogP contribution is 2.07. The predicted octanol–water partition coefficient (Wildman–Crippen LogP) is 0.272. The van der Waals surface area contributed by atoms with E-state index in [-0.39, 0.29) is 5.91 Å². The van der Waals surface area contributed by atoms with Gasteiger partial charge in [-0.2, -0.15) is 0 Å². The summed E-state index contributed by atoms with van der Waals surface area (Å²) in [5, 5.41) is 13.8. The van der Waals surface area contributed by atoms with Gasteiger partial charge in [-0.05, 0) is 39.1 Å². The highest BCUT2D eigenvalue weighted by atomic mass is 16.1. The number of amides is 1. The third-order valence-corrected chi connectivity index (χ3v) is 2.53. The van der Waals surface area contributed by atoms with Gasteiger partial charge in [0.15, 0.2) is 11.5 Å². The van der Waals surface area contributed by atoms with E-state index in [1.54, 1.807) is 6.07 Å². The lowest BCUT2D eigenvalue weighted by atomic mass is 10.3. The lowest BCUT2D eigenvalue weighted by Crippen LogP contribution is -2.26. The summed E-state index contributed by atoms with van der Waals surface area (Å²) in [4.78, 5) is 13.5. The van der Waals surface area contributed by atoms with Crippen LogP contribution in [-0.4, -0.2) is 49.8 Å². The zero-order chi connectivity index (χ0) is 13.4. The Labute approximate surface area is 108 Å². The highest BCUT2D eigenvalue weighted by molar-refractivity contribution is 5.92. The zero-order valence-electron chi connectivity index (χ0n) is 11.2. The van der Waals surface area contributed by atoms with E-state index >= 15 is 0 Å². The minimum Gasteiger partial charge on any atom is -0.358 e. The molecule has 1 aromatic heterocycles. The number of nitrogens with zero attached hydrogens (tertiary/aromatic N) is 3. The molecule has 0 atom stereocenters. The number of hydrogen-bond donors (Lipinski definition) is 2. The van der Waals surface area contributed by atoms with Crippen molar-refractivity contribution in [1.82, 2.24) is 20.8 Å². The van der Waals surface area contributed by atoms with Gasteiger partial charge in [0, 0.05) is 20.1 Å². The van der Waals surface area contributed by atoms with Crippen molar-refractivity contribution in [3.63, 3.8) is 0 Å². The van der Waals surface area contributed by atoms with Gasteiger partial charge in [0.25, 0.3) is 5.91 Å². The largest absolute Gasteiger partial charge is 0.358 e. The molecule has 1 heterocycles. The van der Waals surface area contributed by atoms with Crippen molar-refractivity contribution in [2.24, 2.45) is 0 Å². The summed E-state index contributed by atoms with van der Waals surface area (Å²) < 4.78 is 0. The minimum absolute atomic E-state index is 0.186. The van der Waals surface area contributed by atoms with Gasteiger partial charge >= 0.3 is 0 Å². The maximum absolute atomic E-state index is 11.5. The SMILES string of the molecule is CCNC(=O)c1ccc(N(C)CCCNC)nn1. The summed E-state index contributed by atoms with van der Waals surface area (Å²) in [5.41, 5.74) is 0.351. The molecule has 6 heteroatoms. The van der Waals surface area contributed by atoms with Crippen molar-refractivity contribution >= 4 is 11.7 Å². The Hall–Kier alpha value is -1.69. The van der Waals surface area contributed by atoms with E-state index in [2.05, 4.69) is 20.8 Å². The molecule has 0 radical (unpaired) electrons. The van der Waals surface area contributed by atoms with Crippen LogP contribution in [0.15, 0.2) is 12.1 Å². The molecule has 0 unspecified atom stereocenters. The summed E-state index contributed by atoms with van der Waals surface area (Å²) in [6, 6.07) is 3.51. The fourth-order valence-corrected chi connectivity index (χ4v) is 1.51. The van der Waals surface area contributed by atoms with Gasteiger partial charge in [-0.3, -0.25) is 4.79 Å². The van der Waals surface area contributed by atoms with Crippen molar-refractivity contribution in [2.45, 2.75) is 13.3 Å². The van der Waals surface area contributed by atoms with E-state index in [1.807, 2.05) is 32.0 Å². The number of carbonyl (C=O) groups excluding carboxylic acids is 1. The van der Waals surface area contributed by atoms with Gasteiger partial charge in [0.2, 0.25) is 0 Å². The van der Waals surface area contributed by atoms with Crippen LogP contribution in [-0.2, 0) is 0 Å². The lowest BCUT2D eigenvalue weighted by molar-refractivity contribution is 0.0950. The summed E-state index contributed by atoms with van der Waals surface area (Å²) in [6.45, 7) is 4.33. The second-order valence-electron chi connectivity index (χ2n) is 4.01. The van der Waals surface area contributed by atoms with Gasteiger partial charge in [-0.25, -0.2) is 0 Å². The van der Waals surface area contributed by atoms with Crippen LogP contribution in [0.5, 0.6) is 0 Å². The van der Waals surface area contributed by atoms with E-state index in [1.165, 1.54) is 0 Å². The summed E-state index contributed by atoms with van der Waals surface area (Å²) in [6.07, 6.45) is 1.03. The molecule has 0 fully saturated rings. The van der Waals surface area contributed by atoms with Gasteiger partial charge in [0.1, 0.15) is 0 Å². The molecule has 0 aliphatic carbocycles. The number of carbonyl (C=O) groups is 1. The fraction of sp³-hybridized carbons (Fsp3) is 0.583. The quantitative estimate of drug-likeness (QED) is 0.681. The van der Waals surface area contributed by atoms with Gasteiger partial charge in [0.05, 0.1) is 0 Å². The second-order valence-corrected chi connectivity index (χ2v) is 4.01. The van der Waals surface area contributed by atoms with Crippen LogP contribution in [0.1, 0.15) is 23.8 Å². The molecule has 0 aromatic carbocycles. The number of hydrogen-bond acceptors (Lipinski definition) is 5. The first-order valence-electron chi connectivity index (χ1n) is 6.16. The normalized spacial score (nSPS) is 10.2. The Kier molecular flexibility index (Phi) is 6.07. The Morgan fingerprint density at radius 3 is 2.72 bits per heavy atom. The van der Waals surface area contributed by atoms with E-state index < -0.39 is 0 Å². The molecule has 0 bridgehead atoms. The van der Waals surface area contributed by atoms with Crippen molar-refractivity contribution in [2.75, 3.05) is 38.6 Å². The van der Waals surface area contributed by atoms with Crippen LogP contribution < -0.4 is 15.5 Å². The molecule has 1 aromatic rings. The Balaban J connectivity index is 2.56. The average molecular weight is 251 g/mol. The maximum atomic E-state index is 11.5. The van der Waals surface area contributed by atoms with Crippen LogP contribution in [0.25, 0.3) is 0 Å². The fourth-order valence-electron chi connectivity index (χ4n) is 1.51. The van der Waals surface area contributed by atoms with Crippen LogP contribution in [0.2, 0.25) is 0 Å². The van der Waals surface area contributed by atoms with Crippen molar-refractivity contribution in [3.05, 3.63) is 17.8 Å². The van der Waals surface area contributed by atoms with Gasteiger partial charge in [-0.1, -0.05) is 0 Å². The standard InChI is InChI=1S/C12H21N5O/c1-4-14-12(18)10-6-7-11(16-15-10)17(3)9-5-8-13-2/h6-7,13H,4-5,8-9H2,1-3H3,(H,14,18). The van der Waals surface area contributed by atoms with E-state index in [4.69, 9.17) is 0 Å². The average Bonchev–Trinajstić information content (AvgIpc) is 2.39. The third-order valence-electron chi connectivity index (χ3n) is 2.53. The van der Waals surface area contributed by atoms with E-state index in [0.29, 0.717) is 12.2 Å². The molecule has 0 aliphatic heterocycles. The number of aromatic nitrogens is 2. The second kappa shape index (κ2) is 7.60. The van der Waals surface area contributed by atoms with Crippen molar-refractivity contribution < 1.29 is 4.79 Å². The van der Waals surface area contributed by atoms with Crippen LogP contribution in [0, 0.1) is 0 Å². The number of nitrogens with one attached hydrogen (secondary N) is 2. The number of rotatable bonds is 7. The summed E-state index contributed by atoms with van der Waals surface area (Å²) in [5.74, 6) is 0.591. The first-order valence-corrected chi connectivity index (χ1v) is 6.16.